The summed E-state index contributed by atoms with van der Waals surface area (Å²) in [6.07, 6.45) is 2.80. The van der Waals surface area contributed by atoms with E-state index in [-0.39, 0.29) is 13.2 Å². The van der Waals surface area contributed by atoms with E-state index in [1.54, 1.807) is 28.4 Å². The molecule has 0 bridgehead atoms. The minimum Gasteiger partial charge on any atom is -0.445 e. The van der Waals surface area contributed by atoms with Crippen LogP contribution in [0.15, 0.2) is 49.1 Å². The number of hydrogen-bond donors (Lipinski definition) is 1. The molecule has 236 valence electrons. The maximum absolute atomic E-state index is 13.7. The number of ether oxygens (including phenoxy) is 3. The predicted octanol–water partition coefficient (Wildman–Crippen LogP) is 6.71. The van der Waals surface area contributed by atoms with Crippen molar-refractivity contribution in [2.24, 2.45) is 0 Å². The van der Waals surface area contributed by atoms with Crippen LogP contribution in [0.5, 0.6) is 0 Å². The van der Waals surface area contributed by atoms with Crippen molar-refractivity contribution in [2.75, 3.05) is 48.0 Å². The Kier molecular flexibility index (Phi) is 11.4. The molecule has 0 unspecified atom stereocenters. The van der Waals surface area contributed by atoms with Crippen molar-refractivity contribution in [2.45, 2.75) is 66.0 Å². The number of pyridine rings is 1. The quantitative estimate of drug-likeness (QED) is 0.236. The molecule has 0 aliphatic carbocycles. The molecule has 1 saturated heterocycles. The zero-order chi connectivity index (χ0) is 31.7. The molecule has 0 radical (unpaired) electrons. The van der Waals surface area contributed by atoms with E-state index >= 15 is 0 Å². The van der Waals surface area contributed by atoms with E-state index < -0.39 is 17.8 Å². The van der Waals surface area contributed by atoms with Crippen LogP contribution in [0.25, 0.3) is 0 Å². The Morgan fingerprint density at radius 1 is 1.16 bits per heavy atom. The summed E-state index contributed by atoms with van der Waals surface area (Å²) in [6.45, 7) is 16.3. The molecule has 3 aromatic rings. The number of morpholine rings is 1. The fourth-order valence-corrected chi connectivity index (χ4v) is 5.77. The summed E-state index contributed by atoms with van der Waals surface area (Å²) in [4.78, 5) is 40.7. The second-order valence-corrected chi connectivity index (χ2v) is 12.7. The number of thiazole rings is 1. The van der Waals surface area contributed by atoms with Gasteiger partial charge in [-0.2, -0.15) is 0 Å². The third-order valence-electron chi connectivity index (χ3n) is 6.82. The van der Waals surface area contributed by atoms with E-state index in [4.69, 9.17) is 24.2 Å². The van der Waals surface area contributed by atoms with Crippen LogP contribution in [0, 0.1) is 6.92 Å². The highest BCUT2D eigenvalue weighted by atomic mass is 32.1. The molecule has 1 aromatic carbocycles. The van der Waals surface area contributed by atoms with E-state index in [1.807, 2.05) is 39.0 Å². The summed E-state index contributed by atoms with van der Waals surface area (Å²) in [5.41, 5.74) is 3.54. The third kappa shape index (κ3) is 9.52. The molecule has 1 fully saturated rings. The summed E-state index contributed by atoms with van der Waals surface area (Å²) >= 11 is 1.75. The van der Waals surface area contributed by atoms with Crippen LogP contribution >= 0.6 is 11.3 Å². The lowest BCUT2D eigenvalue weighted by Crippen LogP contribution is -2.38. The van der Waals surface area contributed by atoms with Crippen LogP contribution in [0.2, 0.25) is 0 Å². The van der Waals surface area contributed by atoms with E-state index in [1.165, 1.54) is 11.0 Å². The van der Waals surface area contributed by atoms with Gasteiger partial charge >= 0.3 is 12.2 Å². The van der Waals surface area contributed by atoms with Crippen LogP contribution < -0.4 is 15.1 Å². The number of anilines is 3. The van der Waals surface area contributed by atoms with Crippen molar-refractivity contribution in [3.05, 3.63) is 75.9 Å². The van der Waals surface area contributed by atoms with Gasteiger partial charge < -0.3 is 19.1 Å². The van der Waals surface area contributed by atoms with Crippen LogP contribution in [0.3, 0.4) is 0 Å². The number of aryl methyl sites for hydroxylation is 4. The Balaban J connectivity index is 1.67. The second kappa shape index (κ2) is 15.2. The fourth-order valence-electron chi connectivity index (χ4n) is 4.76. The van der Waals surface area contributed by atoms with Gasteiger partial charge in [0, 0.05) is 47.5 Å². The first-order chi connectivity index (χ1) is 21.0. The Bertz CT molecular complexity index is 1440. The van der Waals surface area contributed by atoms with Gasteiger partial charge in [-0.3, -0.25) is 10.2 Å². The molecule has 0 saturated carbocycles. The maximum atomic E-state index is 13.7. The summed E-state index contributed by atoms with van der Waals surface area (Å²) in [5, 5.41) is 3.80. The molecule has 2 aromatic heterocycles. The molecular formula is C33H43N5O5S. The molecule has 2 amide bonds. The standard InChI is InChI=1S/C33H43N5O5S/c1-7-16-42-31(39)36-25-11-9-10-24(19-25)22-38(32(40)43-33(4,5)6)29-21-27(37-14-17-41-18-15-37)20-26(35-29)12-13-30-34-23(3)28(8-2)44-30/h7,9-11,19-21H,1,8,12-18,22H2,2-6H3,(H,36,39). The smallest absolute Gasteiger partial charge is 0.416 e. The van der Waals surface area contributed by atoms with Gasteiger partial charge in [0.2, 0.25) is 0 Å². The highest BCUT2D eigenvalue weighted by Crippen LogP contribution is 2.28. The number of benzene rings is 1. The Hall–Kier alpha value is -3.96. The molecule has 3 heterocycles. The number of aromatic nitrogens is 2. The minimum absolute atomic E-state index is 0.105. The Morgan fingerprint density at radius 2 is 1.93 bits per heavy atom. The Morgan fingerprint density at radius 3 is 2.61 bits per heavy atom. The zero-order valence-corrected chi connectivity index (χ0v) is 27.2. The number of carbonyl (C=O) groups excluding carboxylic acids is 2. The van der Waals surface area contributed by atoms with E-state index in [0.29, 0.717) is 31.1 Å². The molecule has 10 nitrogen and oxygen atoms in total. The molecule has 1 aliphatic heterocycles. The van der Waals surface area contributed by atoms with Crippen molar-refractivity contribution >= 4 is 40.7 Å². The monoisotopic (exact) mass is 621 g/mol. The van der Waals surface area contributed by atoms with Crippen molar-refractivity contribution in [3.63, 3.8) is 0 Å². The molecular weight excluding hydrogens is 578 g/mol. The van der Waals surface area contributed by atoms with E-state index in [0.717, 1.165) is 53.6 Å². The van der Waals surface area contributed by atoms with Gasteiger partial charge in [0.1, 0.15) is 18.0 Å². The number of rotatable bonds is 11. The average molecular weight is 622 g/mol. The van der Waals surface area contributed by atoms with Crippen LogP contribution in [0.1, 0.15) is 54.5 Å². The SMILES string of the molecule is C=CCOC(=O)Nc1cccc(CN(C(=O)OC(C)(C)C)c2cc(N3CCOCC3)cc(CCc3nc(C)c(CC)s3)n2)c1. The highest BCUT2D eigenvalue weighted by molar-refractivity contribution is 7.11. The third-order valence-corrected chi connectivity index (χ3v) is 8.18. The summed E-state index contributed by atoms with van der Waals surface area (Å²) < 4.78 is 16.5. The summed E-state index contributed by atoms with van der Waals surface area (Å²) in [5.74, 6) is 0.492. The lowest BCUT2D eigenvalue weighted by atomic mass is 10.1. The molecule has 0 atom stereocenters. The first-order valence-corrected chi connectivity index (χ1v) is 15.8. The second-order valence-electron chi connectivity index (χ2n) is 11.5. The van der Waals surface area contributed by atoms with Crippen LogP contribution in [-0.2, 0) is 40.0 Å². The van der Waals surface area contributed by atoms with Crippen molar-refractivity contribution in [3.8, 4) is 0 Å². The zero-order valence-electron chi connectivity index (χ0n) is 26.4. The van der Waals surface area contributed by atoms with Gasteiger partial charge in [-0.05, 0) is 64.3 Å². The molecule has 0 spiro atoms. The number of hydrogen-bond acceptors (Lipinski definition) is 9. The number of carbonyl (C=O) groups is 2. The van der Waals surface area contributed by atoms with E-state index in [9.17, 15) is 9.59 Å². The molecule has 4 rings (SSSR count). The van der Waals surface area contributed by atoms with Gasteiger partial charge in [0.15, 0.2) is 0 Å². The topological polar surface area (TPSA) is 106 Å². The first-order valence-electron chi connectivity index (χ1n) is 15.0. The fraction of sp³-hybridized carbons (Fsp3) is 0.455. The Labute approximate surface area is 264 Å². The van der Waals surface area contributed by atoms with E-state index in [2.05, 4.69) is 36.7 Å². The van der Waals surface area contributed by atoms with Crippen molar-refractivity contribution < 1.29 is 23.8 Å². The van der Waals surface area contributed by atoms with Gasteiger partial charge in [0.05, 0.1) is 30.5 Å². The summed E-state index contributed by atoms with van der Waals surface area (Å²) in [6, 6.07) is 11.3. The highest BCUT2D eigenvalue weighted by Gasteiger charge is 2.26. The minimum atomic E-state index is -0.710. The normalized spacial score (nSPS) is 13.3. The number of amides is 2. The van der Waals surface area contributed by atoms with Crippen LogP contribution in [-0.4, -0.2) is 60.7 Å². The average Bonchev–Trinajstić information content (AvgIpc) is 3.36. The van der Waals surface area contributed by atoms with Gasteiger partial charge in [-0.15, -0.1) is 11.3 Å². The molecule has 1 N–H and O–H groups in total. The van der Waals surface area contributed by atoms with Gasteiger partial charge in [-0.25, -0.2) is 19.6 Å². The largest absolute Gasteiger partial charge is 0.445 e. The molecule has 44 heavy (non-hydrogen) atoms. The van der Waals surface area contributed by atoms with Gasteiger partial charge in [-0.1, -0.05) is 31.7 Å². The summed E-state index contributed by atoms with van der Waals surface area (Å²) in [7, 11) is 0. The molecule has 1 aliphatic rings. The van der Waals surface area contributed by atoms with Crippen molar-refractivity contribution in [1.29, 1.82) is 0 Å². The molecule has 11 heteroatoms. The lowest BCUT2D eigenvalue weighted by molar-refractivity contribution is 0.0576. The predicted molar refractivity (Wildman–Crippen MR) is 175 cm³/mol. The van der Waals surface area contributed by atoms with Crippen molar-refractivity contribution in [1.82, 2.24) is 9.97 Å². The van der Waals surface area contributed by atoms with Gasteiger partial charge in [0.25, 0.3) is 0 Å². The lowest BCUT2D eigenvalue weighted by Gasteiger charge is -2.31. The maximum Gasteiger partial charge on any atom is 0.416 e. The van der Waals surface area contributed by atoms with Crippen LogP contribution in [0.4, 0.5) is 26.8 Å². The number of nitrogens with one attached hydrogen (secondary N) is 1. The first kappa shape index (κ1) is 32.9. The number of nitrogens with zero attached hydrogens (tertiary/aromatic N) is 4.